The lowest BCUT2D eigenvalue weighted by molar-refractivity contribution is -0.0394. The van der Waals surface area contributed by atoms with E-state index >= 15 is 0 Å². The second-order valence-electron chi connectivity index (χ2n) is 6.86. The molecule has 1 saturated heterocycles. The average Bonchev–Trinajstić information content (AvgIpc) is 3.19. The Morgan fingerprint density at radius 2 is 2.10 bits per heavy atom. The molecule has 3 aromatic rings. The van der Waals surface area contributed by atoms with Gasteiger partial charge >= 0.3 is 0 Å². The fraction of sp³-hybridized carbons (Fsp3) is 0.389. The molecule has 3 aromatic heterocycles. The van der Waals surface area contributed by atoms with Crippen molar-refractivity contribution < 1.29 is 13.5 Å². The molecule has 0 saturated carbocycles. The molecule has 152 valence electrons. The Hall–Kier alpha value is -3.21. The van der Waals surface area contributed by atoms with E-state index in [1.165, 1.54) is 0 Å². The molecule has 4 rings (SSSR count). The summed E-state index contributed by atoms with van der Waals surface area (Å²) in [7, 11) is 1.57. The largest absolute Gasteiger partial charge is 0.495 e. The highest BCUT2D eigenvalue weighted by atomic mass is 19.3. The van der Waals surface area contributed by atoms with Gasteiger partial charge in [0.05, 0.1) is 37.8 Å². The molecule has 0 aliphatic carbocycles. The summed E-state index contributed by atoms with van der Waals surface area (Å²) in [5, 5.41) is 16.6. The number of ether oxygens (including phenoxy) is 1. The Balaban J connectivity index is 1.42. The zero-order chi connectivity index (χ0) is 20.4. The van der Waals surface area contributed by atoms with Gasteiger partial charge in [-0.25, -0.2) is 13.5 Å². The summed E-state index contributed by atoms with van der Waals surface area (Å²) in [6, 6.07) is 4.15. The molecule has 0 spiro atoms. The number of pyridine rings is 1. The first-order chi connectivity index (χ1) is 13.9. The maximum absolute atomic E-state index is 13.5. The van der Waals surface area contributed by atoms with Gasteiger partial charge in [-0.15, -0.1) is 10.2 Å². The van der Waals surface area contributed by atoms with E-state index in [1.54, 1.807) is 47.4 Å². The van der Waals surface area contributed by atoms with Crippen molar-refractivity contribution in [3.63, 3.8) is 0 Å². The quantitative estimate of drug-likeness (QED) is 0.682. The maximum Gasteiger partial charge on any atom is 0.266 e. The van der Waals surface area contributed by atoms with Crippen molar-refractivity contribution in [3.05, 3.63) is 42.5 Å². The third kappa shape index (κ3) is 4.14. The van der Waals surface area contributed by atoms with E-state index in [4.69, 9.17) is 10.5 Å². The van der Waals surface area contributed by atoms with Gasteiger partial charge in [0.15, 0.2) is 5.82 Å². The van der Waals surface area contributed by atoms with Gasteiger partial charge in [-0.2, -0.15) is 5.10 Å². The highest BCUT2D eigenvalue weighted by Gasteiger charge is 2.42. The number of alkyl halides is 2. The molecule has 1 aliphatic heterocycles. The first-order valence-corrected chi connectivity index (χ1v) is 9.05. The molecule has 11 heteroatoms. The van der Waals surface area contributed by atoms with Crippen molar-refractivity contribution in [2.75, 3.05) is 25.1 Å². The van der Waals surface area contributed by atoms with E-state index in [0.717, 1.165) is 5.56 Å². The third-order valence-corrected chi connectivity index (χ3v) is 4.81. The second kappa shape index (κ2) is 7.66. The number of nitrogens with two attached hydrogens (primary N) is 1. The molecular weight excluding hydrogens is 382 g/mol. The lowest BCUT2D eigenvalue weighted by Crippen LogP contribution is -2.55. The zero-order valence-corrected chi connectivity index (χ0v) is 15.7. The van der Waals surface area contributed by atoms with Crippen LogP contribution in [-0.4, -0.2) is 62.3 Å². The fourth-order valence-corrected chi connectivity index (χ4v) is 3.09. The number of methoxy groups -OCH3 is 1. The summed E-state index contributed by atoms with van der Waals surface area (Å²) in [5.41, 5.74) is 7.68. The number of hydrogen-bond acceptors (Lipinski definition) is 8. The van der Waals surface area contributed by atoms with Crippen LogP contribution in [-0.2, 0) is 6.54 Å². The summed E-state index contributed by atoms with van der Waals surface area (Å²) < 4.78 is 33.9. The fourth-order valence-electron chi connectivity index (χ4n) is 3.09. The lowest BCUT2D eigenvalue weighted by atomic mass is 10.0. The normalized spacial score (nSPS) is 18.6. The van der Waals surface area contributed by atoms with Crippen LogP contribution < -0.4 is 15.4 Å². The van der Waals surface area contributed by atoms with Crippen LogP contribution in [0.2, 0.25) is 0 Å². The van der Waals surface area contributed by atoms with Crippen molar-refractivity contribution in [3.8, 4) is 17.0 Å². The topological polar surface area (TPSA) is 108 Å². The van der Waals surface area contributed by atoms with E-state index in [2.05, 4.69) is 25.5 Å². The van der Waals surface area contributed by atoms with Crippen molar-refractivity contribution in [1.82, 2.24) is 30.2 Å². The molecule has 4 heterocycles. The van der Waals surface area contributed by atoms with Gasteiger partial charge in [0, 0.05) is 31.3 Å². The first-order valence-electron chi connectivity index (χ1n) is 9.05. The number of piperidine rings is 1. The van der Waals surface area contributed by atoms with Crippen LogP contribution in [0.4, 0.5) is 14.6 Å². The molecule has 1 atom stereocenters. The van der Waals surface area contributed by atoms with Gasteiger partial charge < -0.3 is 15.4 Å². The molecule has 2 N–H and O–H groups in total. The molecule has 1 unspecified atom stereocenters. The number of hydrogen-bond donors (Lipinski definition) is 1. The molecule has 29 heavy (non-hydrogen) atoms. The number of halogens is 2. The van der Waals surface area contributed by atoms with Crippen LogP contribution in [0.5, 0.6) is 5.75 Å². The smallest absolute Gasteiger partial charge is 0.266 e. The number of anilines is 1. The standard InChI is InChI=1S/C18H20F2N8O/c1-29-14-6-12(7-22-8-14)15-10-28(26-24-15)9-13-2-3-17(25-23-13)27-5-4-18(19,20)16(21)11-27/h2-3,6-8,10,16H,4-5,9,11,21H2,1H3. The van der Waals surface area contributed by atoms with Gasteiger partial charge in [-0.05, 0) is 18.2 Å². The molecule has 0 radical (unpaired) electrons. The number of aromatic nitrogens is 6. The van der Waals surface area contributed by atoms with Gasteiger partial charge in [0.1, 0.15) is 11.4 Å². The van der Waals surface area contributed by atoms with Gasteiger partial charge in [-0.3, -0.25) is 4.98 Å². The van der Waals surface area contributed by atoms with Crippen molar-refractivity contribution >= 4 is 5.82 Å². The highest BCUT2D eigenvalue weighted by Crippen LogP contribution is 2.29. The third-order valence-electron chi connectivity index (χ3n) is 4.81. The number of rotatable bonds is 5. The van der Waals surface area contributed by atoms with Gasteiger partial charge in [0.2, 0.25) is 0 Å². The van der Waals surface area contributed by atoms with Crippen LogP contribution in [0, 0.1) is 0 Å². The molecule has 0 aromatic carbocycles. The molecule has 1 aliphatic rings. The van der Waals surface area contributed by atoms with Gasteiger partial charge in [0.25, 0.3) is 5.92 Å². The zero-order valence-electron chi connectivity index (χ0n) is 15.7. The summed E-state index contributed by atoms with van der Waals surface area (Å²) in [4.78, 5) is 5.83. The highest BCUT2D eigenvalue weighted by molar-refractivity contribution is 5.58. The SMILES string of the molecule is COc1cncc(-c2cn(Cc3ccc(N4CCC(F)(F)C(N)C4)nn3)nn2)c1. The van der Waals surface area contributed by atoms with E-state index in [1.807, 2.05) is 6.07 Å². The predicted octanol–water partition coefficient (Wildman–Crippen LogP) is 1.36. The van der Waals surface area contributed by atoms with E-state index in [0.29, 0.717) is 29.5 Å². The molecular formula is C18H20F2N8O. The lowest BCUT2D eigenvalue weighted by Gasteiger charge is -2.36. The van der Waals surface area contributed by atoms with Crippen LogP contribution in [0.25, 0.3) is 11.3 Å². The Bertz CT molecular complexity index is 978. The Morgan fingerprint density at radius 1 is 1.24 bits per heavy atom. The minimum atomic E-state index is -2.84. The maximum atomic E-state index is 13.5. The predicted molar refractivity (Wildman–Crippen MR) is 101 cm³/mol. The molecule has 0 bridgehead atoms. The first kappa shape index (κ1) is 19.1. The van der Waals surface area contributed by atoms with Crippen LogP contribution >= 0.6 is 0 Å². The molecule has 0 amide bonds. The summed E-state index contributed by atoms with van der Waals surface area (Å²) in [6.07, 6.45) is 4.77. The summed E-state index contributed by atoms with van der Waals surface area (Å²) >= 11 is 0. The Labute approximate surface area is 165 Å². The summed E-state index contributed by atoms with van der Waals surface area (Å²) in [5.74, 6) is -1.68. The number of nitrogens with zero attached hydrogens (tertiary/aromatic N) is 7. The Morgan fingerprint density at radius 3 is 2.83 bits per heavy atom. The minimum Gasteiger partial charge on any atom is -0.495 e. The van der Waals surface area contributed by atoms with Crippen LogP contribution in [0.3, 0.4) is 0 Å². The van der Waals surface area contributed by atoms with E-state index in [-0.39, 0.29) is 19.5 Å². The molecule has 1 fully saturated rings. The monoisotopic (exact) mass is 402 g/mol. The molecule has 9 nitrogen and oxygen atoms in total. The van der Waals surface area contributed by atoms with E-state index < -0.39 is 12.0 Å². The summed E-state index contributed by atoms with van der Waals surface area (Å²) in [6.45, 7) is 0.604. The van der Waals surface area contributed by atoms with Crippen molar-refractivity contribution in [2.45, 2.75) is 24.9 Å². The minimum absolute atomic E-state index is 0.0437. The average molecular weight is 402 g/mol. The van der Waals surface area contributed by atoms with Crippen LogP contribution in [0.15, 0.2) is 36.8 Å². The van der Waals surface area contributed by atoms with E-state index in [9.17, 15) is 8.78 Å². The van der Waals surface area contributed by atoms with Crippen LogP contribution in [0.1, 0.15) is 12.1 Å². The second-order valence-corrected chi connectivity index (χ2v) is 6.86. The Kier molecular flexibility index (Phi) is 5.05. The van der Waals surface area contributed by atoms with Crippen molar-refractivity contribution in [1.29, 1.82) is 0 Å². The van der Waals surface area contributed by atoms with Gasteiger partial charge in [-0.1, -0.05) is 5.21 Å². The van der Waals surface area contributed by atoms with Crippen molar-refractivity contribution in [2.24, 2.45) is 5.73 Å².